The van der Waals surface area contributed by atoms with Crippen LogP contribution in [0, 0.1) is 5.92 Å². The van der Waals surface area contributed by atoms with Gasteiger partial charge in [-0.2, -0.15) is 0 Å². The first-order chi connectivity index (χ1) is 14.8. The molecule has 0 radical (unpaired) electrons. The Hall–Kier alpha value is -2.39. The van der Waals surface area contributed by atoms with Crippen LogP contribution in [-0.4, -0.2) is 22.5 Å². The van der Waals surface area contributed by atoms with E-state index in [2.05, 4.69) is 84.6 Å². The Balaban J connectivity index is 1.97. The van der Waals surface area contributed by atoms with E-state index < -0.39 is 5.60 Å². The van der Waals surface area contributed by atoms with E-state index in [4.69, 9.17) is 4.74 Å². The fourth-order valence-corrected chi connectivity index (χ4v) is 4.48. The summed E-state index contributed by atoms with van der Waals surface area (Å²) in [6.07, 6.45) is 8.16. The van der Waals surface area contributed by atoms with Crippen molar-refractivity contribution in [2.45, 2.75) is 77.6 Å². The Kier molecular flexibility index (Phi) is 8.09. The van der Waals surface area contributed by atoms with E-state index in [1.807, 2.05) is 20.8 Å². The molecule has 3 nitrogen and oxygen atoms in total. The molecule has 31 heavy (non-hydrogen) atoms. The normalized spacial score (nSPS) is 21.7. The minimum Gasteiger partial charge on any atom is -0.460 e. The standard InChI is InChI=1S/C28H37NO2/c1-22(24-17-11-8-12-18-24)29(21-23-15-9-7-10-16-23)26-20-14-6-5-13-19-25(26)27(30)31-28(2,3)4/h5-12,15-18,22,25-26H,13-14,19-21H2,1-4H3/b6-5-/t22-,25+,26-/m1/s1. The number of nitrogens with zero attached hydrogens (tertiary/aromatic N) is 1. The third kappa shape index (κ3) is 6.80. The van der Waals surface area contributed by atoms with Crippen molar-refractivity contribution < 1.29 is 9.53 Å². The fourth-order valence-electron chi connectivity index (χ4n) is 4.48. The van der Waals surface area contributed by atoms with Crippen molar-refractivity contribution in [3.8, 4) is 0 Å². The lowest BCUT2D eigenvalue weighted by Crippen LogP contribution is -2.46. The average molecular weight is 420 g/mol. The van der Waals surface area contributed by atoms with Crippen LogP contribution in [0.2, 0.25) is 0 Å². The highest BCUT2D eigenvalue weighted by Crippen LogP contribution is 2.34. The Bertz CT molecular complexity index is 838. The molecule has 1 aliphatic rings. The topological polar surface area (TPSA) is 29.5 Å². The molecule has 166 valence electrons. The van der Waals surface area contributed by atoms with Crippen LogP contribution < -0.4 is 0 Å². The molecule has 3 atom stereocenters. The number of hydrogen-bond acceptors (Lipinski definition) is 3. The molecule has 2 aromatic rings. The van der Waals surface area contributed by atoms with Gasteiger partial charge in [0.05, 0.1) is 5.92 Å². The third-order valence-electron chi connectivity index (χ3n) is 6.03. The molecule has 0 aliphatic heterocycles. The average Bonchev–Trinajstić information content (AvgIpc) is 2.72. The quantitative estimate of drug-likeness (QED) is 0.385. The molecule has 0 spiro atoms. The summed E-state index contributed by atoms with van der Waals surface area (Å²) < 4.78 is 5.90. The lowest BCUT2D eigenvalue weighted by molar-refractivity contribution is -0.163. The minimum absolute atomic E-state index is 0.0638. The monoisotopic (exact) mass is 419 g/mol. The summed E-state index contributed by atoms with van der Waals surface area (Å²) in [5.41, 5.74) is 2.07. The Morgan fingerprint density at radius 1 is 0.968 bits per heavy atom. The molecule has 0 aromatic heterocycles. The number of hydrogen-bond donors (Lipinski definition) is 0. The van der Waals surface area contributed by atoms with Gasteiger partial charge in [-0.1, -0.05) is 72.8 Å². The molecule has 0 N–H and O–H groups in total. The van der Waals surface area contributed by atoms with E-state index >= 15 is 0 Å². The van der Waals surface area contributed by atoms with Crippen molar-refractivity contribution in [2.75, 3.05) is 0 Å². The molecule has 0 saturated heterocycles. The van der Waals surface area contributed by atoms with Gasteiger partial charge in [-0.3, -0.25) is 9.69 Å². The van der Waals surface area contributed by atoms with Crippen LogP contribution in [0.15, 0.2) is 72.8 Å². The Labute approximate surface area is 188 Å². The number of carbonyl (C=O) groups is 1. The van der Waals surface area contributed by atoms with Crippen molar-refractivity contribution >= 4 is 5.97 Å². The lowest BCUT2D eigenvalue weighted by atomic mass is 9.86. The van der Waals surface area contributed by atoms with Crippen LogP contribution in [0.4, 0.5) is 0 Å². The summed E-state index contributed by atoms with van der Waals surface area (Å²) in [5.74, 6) is -0.204. The summed E-state index contributed by atoms with van der Waals surface area (Å²) in [7, 11) is 0. The molecule has 0 heterocycles. The van der Waals surface area contributed by atoms with Gasteiger partial charge >= 0.3 is 5.97 Å². The molecule has 0 unspecified atom stereocenters. The molecule has 2 aromatic carbocycles. The number of carbonyl (C=O) groups excluding carboxylic acids is 1. The lowest BCUT2D eigenvalue weighted by Gasteiger charge is -2.41. The Morgan fingerprint density at radius 3 is 2.16 bits per heavy atom. The van der Waals surface area contributed by atoms with Crippen molar-refractivity contribution in [2.24, 2.45) is 5.92 Å². The first-order valence-corrected chi connectivity index (χ1v) is 11.6. The molecule has 0 saturated carbocycles. The molecule has 1 aliphatic carbocycles. The predicted molar refractivity (Wildman–Crippen MR) is 128 cm³/mol. The largest absolute Gasteiger partial charge is 0.460 e. The van der Waals surface area contributed by atoms with Gasteiger partial charge in [0, 0.05) is 18.6 Å². The molecule has 3 heteroatoms. The highest BCUT2D eigenvalue weighted by Gasteiger charge is 2.37. The number of benzene rings is 2. The summed E-state index contributed by atoms with van der Waals surface area (Å²) in [6.45, 7) is 8.94. The minimum atomic E-state index is -0.477. The maximum atomic E-state index is 13.3. The van der Waals surface area contributed by atoms with Gasteiger partial charge in [-0.15, -0.1) is 0 Å². The summed E-state index contributed by atoms with van der Waals surface area (Å²) in [5, 5.41) is 0. The Morgan fingerprint density at radius 2 is 1.55 bits per heavy atom. The van der Waals surface area contributed by atoms with Crippen LogP contribution in [0.25, 0.3) is 0 Å². The van der Waals surface area contributed by atoms with Crippen LogP contribution in [0.1, 0.15) is 70.5 Å². The smallest absolute Gasteiger partial charge is 0.311 e. The van der Waals surface area contributed by atoms with Gasteiger partial charge in [0.1, 0.15) is 5.60 Å². The van der Waals surface area contributed by atoms with E-state index in [1.165, 1.54) is 11.1 Å². The van der Waals surface area contributed by atoms with Gasteiger partial charge in [-0.05, 0) is 64.5 Å². The van der Waals surface area contributed by atoms with Crippen LogP contribution in [0.3, 0.4) is 0 Å². The zero-order valence-corrected chi connectivity index (χ0v) is 19.5. The third-order valence-corrected chi connectivity index (χ3v) is 6.03. The zero-order valence-electron chi connectivity index (χ0n) is 19.5. The number of ether oxygens (including phenoxy) is 1. The predicted octanol–water partition coefficient (Wildman–Crippen LogP) is 6.71. The highest BCUT2D eigenvalue weighted by atomic mass is 16.6. The van der Waals surface area contributed by atoms with Crippen LogP contribution >= 0.6 is 0 Å². The molecule has 0 fully saturated rings. The molecule has 0 bridgehead atoms. The highest BCUT2D eigenvalue weighted by molar-refractivity contribution is 5.73. The first-order valence-electron chi connectivity index (χ1n) is 11.6. The van der Waals surface area contributed by atoms with E-state index in [9.17, 15) is 4.79 Å². The second-order valence-corrected chi connectivity index (χ2v) is 9.58. The maximum absolute atomic E-state index is 13.3. The van der Waals surface area contributed by atoms with E-state index in [-0.39, 0.29) is 24.0 Å². The number of allylic oxidation sites excluding steroid dienone is 2. The SMILES string of the molecule is C[C@H](c1ccccc1)N(Cc1ccccc1)[C@@H]1CC/C=C\CC[C@@H]1C(=O)OC(C)(C)C. The van der Waals surface area contributed by atoms with Gasteiger partial charge in [-0.25, -0.2) is 0 Å². The van der Waals surface area contributed by atoms with Crippen LogP contribution in [0.5, 0.6) is 0 Å². The van der Waals surface area contributed by atoms with Crippen molar-refractivity contribution in [3.63, 3.8) is 0 Å². The number of rotatable bonds is 6. The summed E-state index contributed by atoms with van der Waals surface area (Å²) in [4.78, 5) is 15.9. The second-order valence-electron chi connectivity index (χ2n) is 9.58. The zero-order chi connectivity index (χ0) is 22.3. The van der Waals surface area contributed by atoms with Gasteiger partial charge < -0.3 is 4.74 Å². The van der Waals surface area contributed by atoms with Crippen molar-refractivity contribution in [3.05, 3.63) is 83.9 Å². The van der Waals surface area contributed by atoms with Gasteiger partial charge in [0.15, 0.2) is 0 Å². The molecular formula is C28H37NO2. The maximum Gasteiger partial charge on any atom is 0.311 e. The van der Waals surface area contributed by atoms with Gasteiger partial charge in [0.2, 0.25) is 0 Å². The summed E-state index contributed by atoms with van der Waals surface area (Å²) >= 11 is 0. The first kappa shape index (κ1) is 23.3. The van der Waals surface area contributed by atoms with Crippen molar-refractivity contribution in [1.82, 2.24) is 4.90 Å². The fraction of sp³-hybridized carbons (Fsp3) is 0.464. The second kappa shape index (κ2) is 10.8. The van der Waals surface area contributed by atoms with Gasteiger partial charge in [0.25, 0.3) is 0 Å². The van der Waals surface area contributed by atoms with Crippen LogP contribution in [-0.2, 0) is 16.1 Å². The molecule has 3 rings (SSSR count). The van der Waals surface area contributed by atoms with Crippen molar-refractivity contribution in [1.29, 1.82) is 0 Å². The molecular weight excluding hydrogens is 382 g/mol. The summed E-state index contributed by atoms with van der Waals surface area (Å²) in [6, 6.07) is 21.5. The van der Waals surface area contributed by atoms with E-state index in [0.717, 1.165) is 32.2 Å². The van der Waals surface area contributed by atoms with E-state index in [0.29, 0.717) is 0 Å². The molecule has 0 amide bonds. The van der Waals surface area contributed by atoms with E-state index in [1.54, 1.807) is 0 Å². The number of esters is 1.